The summed E-state index contributed by atoms with van der Waals surface area (Å²) in [4.78, 5) is 24.3. The molecule has 1 amide bonds. The highest BCUT2D eigenvalue weighted by atomic mass is 35.5. The van der Waals surface area contributed by atoms with E-state index >= 15 is 0 Å². The van der Waals surface area contributed by atoms with Crippen LogP contribution in [0, 0.1) is 0 Å². The quantitative estimate of drug-likeness (QED) is 0.779. The predicted molar refractivity (Wildman–Crippen MR) is 94.1 cm³/mol. The number of hydrogen-bond acceptors (Lipinski definition) is 3. The number of esters is 1. The van der Waals surface area contributed by atoms with Gasteiger partial charge in [-0.2, -0.15) is 0 Å². The van der Waals surface area contributed by atoms with Gasteiger partial charge < -0.3 is 10.1 Å². The number of ether oxygens (including phenoxy) is 1. The summed E-state index contributed by atoms with van der Waals surface area (Å²) in [6.45, 7) is 0. The molecule has 4 nitrogen and oxygen atoms in total. The summed E-state index contributed by atoms with van der Waals surface area (Å²) in [6.07, 6.45) is 2.08. The van der Waals surface area contributed by atoms with Crippen LogP contribution in [0.3, 0.4) is 0 Å². The van der Waals surface area contributed by atoms with Crippen LogP contribution < -0.4 is 5.32 Å². The van der Waals surface area contributed by atoms with Crippen LogP contribution in [0.15, 0.2) is 54.6 Å². The Morgan fingerprint density at radius 3 is 2.42 bits per heavy atom. The SMILES string of the molecule is COC(=O)[C@H](CCCc1ccccc1)NC(=O)c1ccccc1Cl. The van der Waals surface area contributed by atoms with Crippen molar-refractivity contribution in [3.8, 4) is 0 Å². The molecule has 1 atom stereocenters. The van der Waals surface area contributed by atoms with Crippen LogP contribution >= 0.6 is 11.6 Å². The van der Waals surface area contributed by atoms with E-state index in [-0.39, 0.29) is 5.91 Å². The molecule has 0 radical (unpaired) electrons. The lowest BCUT2D eigenvalue weighted by molar-refractivity contribution is -0.143. The fourth-order valence-corrected chi connectivity index (χ4v) is 2.65. The zero-order valence-electron chi connectivity index (χ0n) is 13.5. The summed E-state index contributed by atoms with van der Waals surface area (Å²) >= 11 is 6.02. The van der Waals surface area contributed by atoms with Crippen molar-refractivity contribution < 1.29 is 14.3 Å². The monoisotopic (exact) mass is 345 g/mol. The third-order valence-corrected chi connectivity index (χ3v) is 4.04. The maximum Gasteiger partial charge on any atom is 0.328 e. The molecule has 0 aromatic heterocycles. The summed E-state index contributed by atoms with van der Waals surface area (Å²) in [5.41, 5.74) is 1.54. The molecule has 0 saturated carbocycles. The van der Waals surface area contributed by atoms with Crippen LogP contribution in [0.25, 0.3) is 0 Å². The maximum atomic E-state index is 12.3. The van der Waals surface area contributed by atoms with Gasteiger partial charge in [-0.25, -0.2) is 4.79 Å². The van der Waals surface area contributed by atoms with Crippen molar-refractivity contribution >= 4 is 23.5 Å². The van der Waals surface area contributed by atoms with E-state index in [0.717, 1.165) is 12.8 Å². The van der Waals surface area contributed by atoms with Crippen LogP contribution in [0.4, 0.5) is 0 Å². The van der Waals surface area contributed by atoms with E-state index in [2.05, 4.69) is 5.32 Å². The summed E-state index contributed by atoms with van der Waals surface area (Å²) in [6, 6.07) is 16.0. The van der Waals surface area contributed by atoms with Gasteiger partial charge in [0.15, 0.2) is 0 Å². The van der Waals surface area contributed by atoms with E-state index in [1.165, 1.54) is 12.7 Å². The maximum absolute atomic E-state index is 12.3. The van der Waals surface area contributed by atoms with Crippen molar-refractivity contribution in [1.29, 1.82) is 0 Å². The number of methoxy groups -OCH3 is 1. The molecule has 5 heteroatoms. The Morgan fingerprint density at radius 2 is 1.75 bits per heavy atom. The number of benzene rings is 2. The molecule has 0 aliphatic heterocycles. The fraction of sp³-hybridized carbons (Fsp3) is 0.263. The average molecular weight is 346 g/mol. The standard InChI is InChI=1S/C19H20ClNO3/c1-24-19(23)17(13-7-10-14-8-3-2-4-9-14)21-18(22)15-11-5-6-12-16(15)20/h2-6,8-9,11-12,17H,7,10,13H2,1H3,(H,21,22)/t17-/m0/s1. The van der Waals surface area contributed by atoms with Gasteiger partial charge in [0.1, 0.15) is 6.04 Å². The predicted octanol–water partition coefficient (Wildman–Crippen LogP) is 3.63. The van der Waals surface area contributed by atoms with Gasteiger partial charge in [-0.05, 0) is 37.0 Å². The lowest BCUT2D eigenvalue weighted by Gasteiger charge is -2.17. The molecular formula is C19H20ClNO3. The molecule has 1 N–H and O–H groups in total. The first kappa shape index (κ1) is 18.0. The van der Waals surface area contributed by atoms with E-state index in [4.69, 9.17) is 16.3 Å². The van der Waals surface area contributed by atoms with Gasteiger partial charge >= 0.3 is 5.97 Å². The third-order valence-electron chi connectivity index (χ3n) is 3.71. The summed E-state index contributed by atoms with van der Waals surface area (Å²) in [5.74, 6) is -0.834. The number of rotatable bonds is 7. The normalized spacial score (nSPS) is 11.6. The molecule has 0 spiro atoms. The zero-order valence-corrected chi connectivity index (χ0v) is 14.3. The second-order valence-electron chi connectivity index (χ2n) is 5.41. The summed E-state index contributed by atoms with van der Waals surface area (Å²) in [7, 11) is 1.31. The summed E-state index contributed by atoms with van der Waals surface area (Å²) in [5, 5.41) is 3.06. The molecule has 2 rings (SSSR count). The number of amides is 1. The molecule has 2 aromatic rings. The van der Waals surface area contributed by atoms with Crippen LogP contribution in [-0.2, 0) is 16.0 Å². The zero-order chi connectivity index (χ0) is 17.4. The second-order valence-corrected chi connectivity index (χ2v) is 5.81. The Balaban J connectivity index is 1.97. The lowest BCUT2D eigenvalue weighted by atomic mass is 10.0. The van der Waals surface area contributed by atoms with Gasteiger partial charge in [0, 0.05) is 0 Å². The number of nitrogens with one attached hydrogen (secondary N) is 1. The topological polar surface area (TPSA) is 55.4 Å². The Kier molecular flexibility index (Phi) is 6.82. The van der Waals surface area contributed by atoms with Crippen molar-refractivity contribution in [2.45, 2.75) is 25.3 Å². The Morgan fingerprint density at radius 1 is 1.08 bits per heavy atom. The third kappa shape index (κ3) is 5.10. The molecule has 0 bridgehead atoms. The molecular weight excluding hydrogens is 326 g/mol. The highest BCUT2D eigenvalue weighted by Gasteiger charge is 2.22. The molecule has 0 unspecified atom stereocenters. The van der Waals surface area contributed by atoms with Gasteiger partial charge in [-0.3, -0.25) is 4.79 Å². The van der Waals surface area contributed by atoms with Gasteiger partial charge in [0.05, 0.1) is 17.7 Å². The number of aryl methyl sites for hydroxylation is 1. The minimum absolute atomic E-state index is 0.344. The van der Waals surface area contributed by atoms with E-state index in [1.54, 1.807) is 24.3 Å². The van der Waals surface area contributed by atoms with Gasteiger partial charge in [-0.1, -0.05) is 54.1 Å². The first-order chi connectivity index (χ1) is 11.6. The molecule has 0 aliphatic carbocycles. The molecule has 2 aromatic carbocycles. The fourth-order valence-electron chi connectivity index (χ4n) is 2.43. The molecule has 0 fully saturated rings. The van der Waals surface area contributed by atoms with Crippen LogP contribution in [0.1, 0.15) is 28.8 Å². The van der Waals surface area contributed by atoms with Crippen molar-refractivity contribution in [1.82, 2.24) is 5.32 Å². The van der Waals surface area contributed by atoms with Crippen molar-refractivity contribution in [3.05, 3.63) is 70.7 Å². The van der Waals surface area contributed by atoms with Gasteiger partial charge in [0.25, 0.3) is 5.91 Å². The molecule has 0 heterocycles. The Bertz CT molecular complexity index is 688. The minimum atomic E-state index is -0.692. The van der Waals surface area contributed by atoms with Crippen LogP contribution in [0.5, 0.6) is 0 Å². The average Bonchev–Trinajstić information content (AvgIpc) is 2.61. The lowest BCUT2D eigenvalue weighted by Crippen LogP contribution is -2.41. The smallest absolute Gasteiger partial charge is 0.328 e. The van der Waals surface area contributed by atoms with Crippen LogP contribution in [-0.4, -0.2) is 25.0 Å². The number of carbonyl (C=O) groups is 2. The molecule has 0 saturated heterocycles. The Hall–Kier alpha value is -2.33. The van der Waals surface area contributed by atoms with E-state index in [0.29, 0.717) is 17.0 Å². The first-order valence-corrected chi connectivity index (χ1v) is 8.16. The molecule has 0 aliphatic rings. The second kappa shape index (κ2) is 9.08. The van der Waals surface area contributed by atoms with Gasteiger partial charge in [0.2, 0.25) is 0 Å². The number of carbonyl (C=O) groups excluding carboxylic acids is 2. The molecule has 126 valence electrons. The van der Waals surface area contributed by atoms with E-state index < -0.39 is 12.0 Å². The highest BCUT2D eigenvalue weighted by Crippen LogP contribution is 2.15. The van der Waals surface area contributed by atoms with Crippen molar-refractivity contribution in [2.75, 3.05) is 7.11 Å². The minimum Gasteiger partial charge on any atom is -0.467 e. The largest absolute Gasteiger partial charge is 0.467 e. The first-order valence-electron chi connectivity index (χ1n) is 7.79. The van der Waals surface area contributed by atoms with E-state index in [1.807, 2.05) is 30.3 Å². The number of hydrogen-bond donors (Lipinski definition) is 1. The van der Waals surface area contributed by atoms with Crippen molar-refractivity contribution in [2.24, 2.45) is 0 Å². The Labute approximate surface area is 146 Å². The summed E-state index contributed by atoms with van der Waals surface area (Å²) < 4.78 is 4.80. The molecule has 24 heavy (non-hydrogen) atoms. The van der Waals surface area contributed by atoms with Crippen molar-refractivity contribution in [3.63, 3.8) is 0 Å². The van der Waals surface area contributed by atoms with E-state index in [9.17, 15) is 9.59 Å². The van der Waals surface area contributed by atoms with Crippen LogP contribution in [0.2, 0.25) is 5.02 Å². The number of halogens is 1. The van der Waals surface area contributed by atoms with Gasteiger partial charge in [-0.15, -0.1) is 0 Å². The highest BCUT2D eigenvalue weighted by molar-refractivity contribution is 6.33.